The highest BCUT2D eigenvalue weighted by atomic mass is 35.5. The molecule has 3 atom stereocenters. The van der Waals surface area contributed by atoms with E-state index in [0.717, 1.165) is 27.5 Å². The van der Waals surface area contributed by atoms with Crippen LogP contribution in [-0.2, 0) is 25.0 Å². The van der Waals surface area contributed by atoms with Crippen LogP contribution >= 0.6 is 58.2 Å². The Bertz CT molecular complexity index is 1390. The number of oxime groups is 1. The highest BCUT2D eigenvalue weighted by Crippen LogP contribution is 2.46. The van der Waals surface area contributed by atoms with Gasteiger partial charge in [-0.05, 0) is 18.6 Å². The summed E-state index contributed by atoms with van der Waals surface area (Å²) in [5.74, 6) is -1.04. The topological polar surface area (TPSA) is 186 Å². The number of thioether (sulfide) groups is 3. The van der Waals surface area contributed by atoms with E-state index >= 15 is 0 Å². The van der Waals surface area contributed by atoms with Gasteiger partial charge in [-0.2, -0.15) is 11.8 Å². The molecule has 12 nitrogen and oxygen atoms in total. The Kier molecular flexibility index (Phi) is 10.8. The number of halogens is 2. The van der Waals surface area contributed by atoms with E-state index in [1.54, 1.807) is 30.2 Å². The number of carbonyl (C=O) groups is 3. The van der Waals surface area contributed by atoms with Crippen LogP contribution in [0.1, 0.15) is 18.2 Å². The number of nitrogen functional groups attached to an aromatic ring is 1. The Balaban J connectivity index is 1.52. The van der Waals surface area contributed by atoms with Gasteiger partial charge in [-0.1, -0.05) is 39.9 Å². The number of carbonyl (C=O) groups excluding carboxylic acids is 2. The summed E-state index contributed by atoms with van der Waals surface area (Å²) < 4.78 is 12.6. The molecule has 18 heteroatoms. The maximum atomic E-state index is 13.2. The third-order valence-electron chi connectivity index (χ3n) is 5.52. The minimum absolute atomic E-state index is 0.0354. The van der Waals surface area contributed by atoms with Crippen molar-refractivity contribution >= 4 is 86.9 Å². The van der Waals surface area contributed by atoms with Crippen LogP contribution in [0.2, 0.25) is 4.34 Å². The average molecular weight is 662 g/mol. The number of β-lactam (4-membered cyclic amide) rings is 1. The number of hydrogen-bond acceptors (Lipinski definition) is 13. The van der Waals surface area contributed by atoms with Crippen molar-refractivity contribution in [2.45, 2.75) is 35.0 Å². The largest absolute Gasteiger partial charge is 0.477 e. The Morgan fingerprint density at radius 2 is 2.24 bits per heavy atom. The number of alkyl halides is 1. The predicted molar refractivity (Wildman–Crippen MR) is 160 cm³/mol. The third kappa shape index (κ3) is 7.26. The summed E-state index contributed by atoms with van der Waals surface area (Å²) in [6.07, 6.45) is 3.36. The van der Waals surface area contributed by atoms with E-state index in [2.05, 4.69) is 20.4 Å². The molecule has 2 aromatic heterocycles. The number of hydrogen-bond donors (Lipinski definition) is 4. The van der Waals surface area contributed by atoms with Crippen molar-refractivity contribution in [1.82, 2.24) is 20.2 Å². The molecule has 0 spiro atoms. The van der Waals surface area contributed by atoms with Gasteiger partial charge in [-0.3, -0.25) is 19.5 Å². The van der Waals surface area contributed by atoms with E-state index in [0.29, 0.717) is 10.7 Å². The lowest BCUT2D eigenvalue weighted by atomic mass is 10.0. The highest BCUT2D eigenvalue weighted by Gasteiger charge is 2.54. The average Bonchev–Trinajstić information content (AvgIpc) is 3.26. The minimum atomic E-state index is -1.26. The van der Waals surface area contributed by atoms with Crippen LogP contribution in [0.4, 0.5) is 9.52 Å². The molecule has 4 rings (SSSR count). The monoisotopic (exact) mass is 661 g/mol. The number of fused-ring (bicyclic) bond motifs is 1. The van der Waals surface area contributed by atoms with Crippen LogP contribution in [0.3, 0.4) is 0 Å². The SMILES string of the molecule is CC(N)CSCc1cnccc1SC1=C(C(=O)O)N2C(=O)[C@@H](NC(=O)/C(=N\OCCF)c3nc(N)sc3Cl)[C@@H]2SC1. The summed E-state index contributed by atoms with van der Waals surface area (Å²) in [7, 11) is 0. The molecule has 0 aliphatic carbocycles. The molecule has 0 aromatic carbocycles. The van der Waals surface area contributed by atoms with Crippen molar-refractivity contribution in [2.75, 3.05) is 30.5 Å². The molecule has 4 heterocycles. The quantitative estimate of drug-likeness (QED) is 0.107. The summed E-state index contributed by atoms with van der Waals surface area (Å²) >= 11 is 11.3. The Morgan fingerprint density at radius 1 is 1.46 bits per heavy atom. The molecule has 1 saturated heterocycles. The van der Waals surface area contributed by atoms with Gasteiger partial charge < -0.3 is 26.7 Å². The van der Waals surface area contributed by atoms with E-state index in [1.165, 1.54) is 28.4 Å². The summed E-state index contributed by atoms with van der Waals surface area (Å²) in [5.41, 5.74) is 11.8. The molecule has 2 aliphatic heterocycles. The zero-order valence-electron chi connectivity index (χ0n) is 21.4. The van der Waals surface area contributed by atoms with Crippen LogP contribution in [0.15, 0.2) is 39.1 Å². The van der Waals surface area contributed by atoms with Crippen molar-refractivity contribution in [3.63, 3.8) is 0 Å². The van der Waals surface area contributed by atoms with Gasteiger partial charge in [0, 0.05) is 45.5 Å². The molecule has 2 aromatic rings. The van der Waals surface area contributed by atoms with Gasteiger partial charge in [0.15, 0.2) is 10.8 Å². The van der Waals surface area contributed by atoms with Gasteiger partial charge in [0.05, 0.1) is 0 Å². The molecule has 2 aliphatic rings. The van der Waals surface area contributed by atoms with Gasteiger partial charge in [0.2, 0.25) is 0 Å². The van der Waals surface area contributed by atoms with Crippen molar-refractivity contribution < 1.29 is 28.7 Å². The second-order valence-corrected chi connectivity index (χ2v) is 13.6. The van der Waals surface area contributed by atoms with E-state index in [1.807, 2.05) is 6.92 Å². The van der Waals surface area contributed by atoms with Crippen LogP contribution in [0.5, 0.6) is 0 Å². The van der Waals surface area contributed by atoms with Crippen molar-refractivity contribution in [3.05, 3.63) is 44.7 Å². The number of carboxylic acids is 1. The lowest BCUT2D eigenvalue weighted by Crippen LogP contribution is -2.71. The zero-order chi connectivity index (χ0) is 29.7. The summed E-state index contributed by atoms with van der Waals surface area (Å²) in [6.45, 7) is 0.654. The summed E-state index contributed by atoms with van der Waals surface area (Å²) in [5, 5.41) is 15.7. The lowest BCUT2D eigenvalue weighted by molar-refractivity contribution is -0.150. The molecule has 0 radical (unpaired) electrons. The number of aromatic nitrogens is 2. The minimum Gasteiger partial charge on any atom is -0.477 e. The normalized spacial score (nSPS) is 19.5. The van der Waals surface area contributed by atoms with Crippen molar-refractivity contribution in [3.8, 4) is 0 Å². The number of nitrogens with two attached hydrogens (primary N) is 2. The van der Waals surface area contributed by atoms with Gasteiger partial charge in [0.1, 0.15) is 40.4 Å². The van der Waals surface area contributed by atoms with E-state index in [9.17, 15) is 23.9 Å². The fourth-order valence-corrected chi connectivity index (χ4v) is 8.31. The molecular formula is C23H25ClFN7O5S4. The van der Waals surface area contributed by atoms with Gasteiger partial charge in [0.25, 0.3) is 11.8 Å². The number of carboxylic acid groups (broad SMARTS) is 1. The van der Waals surface area contributed by atoms with Crippen LogP contribution in [-0.4, -0.2) is 85.7 Å². The van der Waals surface area contributed by atoms with Crippen LogP contribution < -0.4 is 16.8 Å². The van der Waals surface area contributed by atoms with E-state index in [-0.39, 0.29) is 38.4 Å². The first-order valence-corrected chi connectivity index (χ1v) is 16.2. The molecule has 2 amide bonds. The second kappa shape index (κ2) is 14.1. The highest BCUT2D eigenvalue weighted by molar-refractivity contribution is 8.06. The number of rotatable bonds is 13. The fourth-order valence-electron chi connectivity index (χ4n) is 3.79. The first-order valence-electron chi connectivity index (χ1n) is 12.0. The number of aliphatic carboxylic acids is 1. The molecule has 6 N–H and O–H groups in total. The molecule has 0 bridgehead atoms. The second-order valence-electron chi connectivity index (χ2n) is 8.65. The van der Waals surface area contributed by atoms with Crippen LogP contribution in [0, 0.1) is 0 Å². The van der Waals surface area contributed by atoms with Crippen molar-refractivity contribution in [1.29, 1.82) is 0 Å². The molecule has 41 heavy (non-hydrogen) atoms. The number of pyridine rings is 1. The number of nitrogens with zero attached hydrogens (tertiary/aromatic N) is 4. The summed E-state index contributed by atoms with van der Waals surface area (Å²) in [6, 6.07) is 0.785. The molecular weight excluding hydrogens is 637 g/mol. The van der Waals surface area contributed by atoms with Gasteiger partial charge in [-0.25, -0.2) is 14.2 Å². The standard InChI is InChI=1S/C23H25ClFN7O5S4/c1-10(26)7-38-8-11-6-28-4-2-12(11)40-13-9-39-21-16(20(34)32(21)17(13)22(35)36)29-19(33)15(31-37-5-3-25)14-18(24)41-23(27)30-14/h2,4,6,10,16,21H,3,5,7-9,26H2,1H3,(H2,27,30)(H,29,33)(H,35,36)/b31-15-/t10?,16-,21+/m1/s1. The van der Waals surface area contributed by atoms with Crippen molar-refractivity contribution in [2.24, 2.45) is 10.9 Å². The summed E-state index contributed by atoms with van der Waals surface area (Å²) in [4.78, 5) is 54.2. The third-order valence-corrected chi connectivity index (χ3v) is 10.5. The first-order chi connectivity index (χ1) is 19.6. The zero-order valence-corrected chi connectivity index (χ0v) is 25.4. The maximum Gasteiger partial charge on any atom is 0.353 e. The van der Waals surface area contributed by atoms with Crippen LogP contribution in [0.25, 0.3) is 0 Å². The Morgan fingerprint density at radius 3 is 2.90 bits per heavy atom. The van der Waals surface area contributed by atoms with E-state index < -0.39 is 42.5 Å². The van der Waals surface area contributed by atoms with Gasteiger partial charge >= 0.3 is 5.97 Å². The van der Waals surface area contributed by atoms with E-state index in [4.69, 9.17) is 27.9 Å². The number of amides is 2. The van der Waals surface area contributed by atoms with Gasteiger partial charge in [-0.15, -0.1) is 11.8 Å². The Hall–Kier alpha value is -2.57. The first kappa shape index (κ1) is 31.4. The smallest absolute Gasteiger partial charge is 0.353 e. The number of thiazole rings is 1. The molecule has 220 valence electrons. The molecule has 0 saturated carbocycles. The Labute approximate surface area is 255 Å². The number of anilines is 1. The number of nitrogens with one attached hydrogen (secondary N) is 1. The molecule has 1 unspecified atom stereocenters. The fraction of sp³-hybridized carbons (Fsp3) is 0.391. The predicted octanol–water partition coefficient (Wildman–Crippen LogP) is 2.53. The lowest BCUT2D eigenvalue weighted by Gasteiger charge is -2.49. The maximum absolute atomic E-state index is 13.2. The molecule has 1 fully saturated rings.